The molecule has 1 spiro atoms. The monoisotopic (exact) mass is 279 g/mol. The number of hydrogen-bond donors (Lipinski definition) is 0. The van der Waals surface area contributed by atoms with Gasteiger partial charge < -0.3 is 4.90 Å². The van der Waals surface area contributed by atoms with E-state index in [1.165, 1.54) is 55.4 Å². The van der Waals surface area contributed by atoms with Crippen LogP contribution in [-0.2, 0) is 0 Å². The standard InChI is InChI=1S/C14H18BrN/c15-12-4-6-13(7-5-12)16-10-14(11-16)8-2-1-3-9-14/h4-7H,1-3,8-11H2. The Morgan fingerprint density at radius 3 is 2.19 bits per heavy atom. The van der Waals surface area contributed by atoms with Gasteiger partial charge in [0.25, 0.3) is 0 Å². The zero-order valence-electron chi connectivity index (χ0n) is 9.58. The highest BCUT2D eigenvalue weighted by Crippen LogP contribution is 2.45. The van der Waals surface area contributed by atoms with Crippen molar-refractivity contribution in [1.82, 2.24) is 0 Å². The Morgan fingerprint density at radius 2 is 1.56 bits per heavy atom. The van der Waals surface area contributed by atoms with Gasteiger partial charge in [-0.2, -0.15) is 0 Å². The zero-order valence-corrected chi connectivity index (χ0v) is 11.2. The average molecular weight is 280 g/mol. The quantitative estimate of drug-likeness (QED) is 0.744. The molecule has 1 aromatic rings. The smallest absolute Gasteiger partial charge is 0.0367 e. The van der Waals surface area contributed by atoms with Crippen molar-refractivity contribution >= 4 is 21.6 Å². The Bertz CT molecular complexity index is 357. The SMILES string of the molecule is Brc1ccc(N2CC3(CCCCC3)C2)cc1. The molecular weight excluding hydrogens is 262 g/mol. The van der Waals surface area contributed by atoms with Crippen LogP contribution in [0.4, 0.5) is 5.69 Å². The highest BCUT2D eigenvalue weighted by atomic mass is 79.9. The van der Waals surface area contributed by atoms with E-state index in [1.807, 2.05) is 0 Å². The van der Waals surface area contributed by atoms with Crippen molar-refractivity contribution in [1.29, 1.82) is 0 Å². The molecule has 3 rings (SSSR count). The normalized spacial score (nSPS) is 23.2. The number of hydrogen-bond acceptors (Lipinski definition) is 1. The van der Waals surface area contributed by atoms with Gasteiger partial charge in [-0.15, -0.1) is 0 Å². The summed E-state index contributed by atoms with van der Waals surface area (Å²) < 4.78 is 1.17. The minimum absolute atomic E-state index is 0.686. The fourth-order valence-electron chi connectivity index (χ4n) is 3.22. The Kier molecular flexibility index (Phi) is 2.70. The molecule has 86 valence electrons. The molecule has 0 bridgehead atoms. The summed E-state index contributed by atoms with van der Waals surface area (Å²) in [4.78, 5) is 2.53. The van der Waals surface area contributed by atoms with E-state index in [-0.39, 0.29) is 0 Å². The first-order chi connectivity index (χ1) is 7.77. The topological polar surface area (TPSA) is 3.24 Å². The highest BCUT2D eigenvalue weighted by molar-refractivity contribution is 9.10. The van der Waals surface area contributed by atoms with Crippen molar-refractivity contribution in [3.8, 4) is 0 Å². The molecule has 16 heavy (non-hydrogen) atoms. The molecule has 2 aliphatic rings. The molecule has 1 aliphatic carbocycles. The van der Waals surface area contributed by atoms with Gasteiger partial charge in [0.15, 0.2) is 0 Å². The molecule has 1 aromatic carbocycles. The molecule has 0 amide bonds. The second-order valence-corrected chi connectivity index (χ2v) is 6.31. The second kappa shape index (κ2) is 4.06. The third kappa shape index (κ3) is 1.88. The summed E-state index contributed by atoms with van der Waals surface area (Å²) >= 11 is 3.49. The lowest BCUT2D eigenvalue weighted by molar-refractivity contribution is 0.139. The predicted molar refractivity (Wildman–Crippen MR) is 71.9 cm³/mol. The summed E-state index contributed by atoms with van der Waals surface area (Å²) in [6, 6.07) is 8.72. The lowest BCUT2D eigenvalue weighted by atomic mass is 9.68. The number of benzene rings is 1. The lowest BCUT2D eigenvalue weighted by Gasteiger charge is -2.53. The van der Waals surface area contributed by atoms with Crippen LogP contribution in [0.3, 0.4) is 0 Å². The maximum absolute atomic E-state index is 3.49. The predicted octanol–water partition coefficient (Wildman–Crippen LogP) is 4.22. The molecule has 0 N–H and O–H groups in total. The Balaban J connectivity index is 1.66. The minimum atomic E-state index is 0.686. The Hall–Kier alpha value is -0.500. The number of halogens is 1. The van der Waals surface area contributed by atoms with E-state index in [0.717, 1.165) is 0 Å². The van der Waals surface area contributed by atoms with E-state index in [9.17, 15) is 0 Å². The van der Waals surface area contributed by atoms with E-state index < -0.39 is 0 Å². The maximum Gasteiger partial charge on any atom is 0.0367 e. The van der Waals surface area contributed by atoms with Crippen LogP contribution < -0.4 is 4.90 Å². The Morgan fingerprint density at radius 1 is 0.938 bits per heavy atom. The molecule has 0 aromatic heterocycles. The van der Waals surface area contributed by atoms with Crippen molar-refractivity contribution in [2.45, 2.75) is 32.1 Å². The fourth-order valence-corrected chi connectivity index (χ4v) is 3.48. The van der Waals surface area contributed by atoms with Crippen molar-refractivity contribution in [2.75, 3.05) is 18.0 Å². The molecule has 1 saturated heterocycles. The fraction of sp³-hybridized carbons (Fsp3) is 0.571. The second-order valence-electron chi connectivity index (χ2n) is 5.39. The molecule has 0 atom stereocenters. The average Bonchev–Trinajstić information content (AvgIpc) is 2.28. The molecule has 1 saturated carbocycles. The van der Waals surface area contributed by atoms with Gasteiger partial charge in [0.1, 0.15) is 0 Å². The molecule has 1 nitrogen and oxygen atoms in total. The lowest BCUT2D eigenvalue weighted by Crippen LogP contribution is -2.57. The third-order valence-electron chi connectivity index (χ3n) is 4.16. The zero-order chi connectivity index (χ0) is 11.0. The first-order valence-electron chi connectivity index (χ1n) is 6.28. The Labute approximate surface area is 106 Å². The van der Waals surface area contributed by atoms with Gasteiger partial charge in [0.05, 0.1) is 0 Å². The molecule has 0 radical (unpaired) electrons. The van der Waals surface area contributed by atoms with Crippen LogP contribution in [0.15, 0.2) is 28.7 Å². The van der Waals surface area contributed by atoms with E-state index in [4.69, 9.17) is 0 Å². The van der Waals surface area contributed by atoms with Crippen molar-refractivity contribution in [2.24, 2.45) is 5.41 Å². The number of anilines is 1. The van der Waals surface area contributed by atoms with Crippen molar-refractivity contribution in [3.63, 3.8) is 0 Å². The van der Waals surface area contributed by atoms with Crippen LogP contribution in [0.25, 0.3) is 0 Å². The maximum atomic E-state index is 3.49. The summed E-state index contributed by atoms with van der Waals surface area (Å²) in [5, 5.41) is 0. The van der Waals surface area contributed by atoms with E-state index in [2.05, 4.69) is 45.1 Å². The molecular formula is C14H18BrN. The molecule has 1 heterocycles. The molecule has 1 aliphatic heterocycles. The molecule has 2 fully saturated rings. The van der Waals surface area contributed by atoms with Crippen LogP contribution in [0.2, 0.25) is 0 Å². The van der Waals surface area contributed by atoms with Crippen molar-refractivity contribution in [3.05, 3.63) is 28.7 Å². The van der Waals surface area contributed by atoms with E-state index >= 15 is 0 Å². The van der Waals surface area contributed by atoms with Gasteiger partial charge in [0.2, 0.25) is 0 Å². The van der Waals surface area contributed by atoms with E-state index in [1.54, 1.807) is 0 Å². The number of rotatable bonds is 1. The van der Waals surface area contributed by atoms with Gasteiger partial charge in [-0.1, -0.05) is 35.2 Å². The van der Waals surface area contributed by atoms with Crippen LogP contribution in [0, 0.1) is 5.41 Å². The molecule has 0 unspecified atom stereocenters. The van der Waals surface area contributed by atoms with Crippen LogP contribution >= 0.6 is 15.9 Å². The highest BCUT2D eigenvalue weighted by Gasteiger charge is 2.43. The minimum Gasteiger partial charge on any atom is -0.370 e. The van der Waals surface area contributed by atoms with Crippen LogP contribution in [-0.4, -0.2) is 13.1 Å². The number of nitrogens with zero attached hydrogens (tertiary/aromatic N) is 1. The van der Waals surface area contributed by atoms with Gasteiger partial charge in [0, 0.05) is 28.7 Å². The van der Waals surface area contributed by atoms with Crippen molar-refractivity contribution < 1.29 is 0 Å². The van der Waals surface area contributed by atoms with E-state index in [0.29, 0.717) is 5.41 Å². The van der Waals surface area contributed by atoms with Gasteiger partial charge in [-0.05, 0) is 37.1 Å². The van der Waals surface area contributed by atoms with Gasteiger partial charge >= 0.3 is 0 Å². The summed E-state index contributed by atoms with van der Waals surface area (Å²) in [7, 11) is 0. The summed E-state index contributed by atoms with van der Waals surface area (Å²) in [6.07, 6.45) is 7.28. The summed E-state index contributed by atoms with van der Waals surface area (Å²) in [5.74, 6) is 0. The van der Waals surface area contributed by atoms with Crippen LogP contribution in [0.5, 0.6) is 0 Å². The summed E-state index contributed by atoms with van der Waals surface area (Å²) in [6.45, 7) is 2.57. The first-order valence-corrected chi connectivity index (χ1v) is 7.07. The largest absolute Gasteiger partial charge is 0.370 e. The van der Waals surface area contributed by atoms with Crippen LogP contribution in [0.1, 0.15) is 32.1 Å². The van der Waals surface area contributed by atoms with Gasteiger partial charge in [-0.25, -0.2) is 0 Å². The van der Waals surface area contributed by atoms with Gasteiger partial charge in [-0.3, -0.25) is 0 Å². The third-order valence-corrected chi connectivity index (χ3v) is 4.69. The molecule has 2 heteroatoms. The summed E-state index contributed by atoms with van der Waals surface area (Å²) in [5.41, 5.74) is 2.07. The first kappa shape index (κ1) is 10.6.